The highest BCUT2D eigenvalue weighted by Gasteiger charge is 2.41. The number of aliphatic hydroxyl groups is 1. The number of anilines is 1. The Kier molecular flexibility index (Phi) is 32.7. The molecule has 2 aliphatic rings. The maximum Gasteiger partial charge on any atom is 0.312 e. The van der Waals surface area contributed by atoms with Crippen LogP contribution in [0.15, 0.2) is 140 Å². The number of guanidine groups is 1. The van der Waals surface area contributed by atoms with E-state index in [1.165, 1.54) is 31.1 Å². The van der Waals surface area contributed by atoms with E-state index in [4.69, 9.17) is 38.9 Å². The van der Waals surface area contributed by atoms with Gasteiger partial charge in [-0.1, -0.05) is 123 Å². The number of ether oxygens (including phenoxy) is 1. The van der Waals surface area contributed by atoms with Crippen LogP contribution in [0, 0.1) is 11.3 Å². The third-order valence-electron chi connectivity index (χ3n) is 19.0. The number of hydrogen-bond donors (Lipinski definition) is 16. The molecular weight excluding hydrogens is 1460 g/mol. The Hall–Kier alpha value is -11.6. The third-order valence-corrected chi connectivity index (χ3v) is 19.3. The van der Waals surface area contributed by atoms with Crippen LogP contribution < -0.4 is 75.7 Å². The maximum absolute atomic E-state index is 15.4. The maximum atomic E-state index is 15.4. The van der Waals surface area contributed by atoms with Gasteiger partial charge in [-0.25, -0.2) is 4.79 Å². The second kappa shape index (κ2) is 42.5. The number of halogens is 1. The molecule has 5 aromatic carbocycles. The van der Waals surface area contributed by atoms with Crippen LogP contribution in [0.25, 0.3) is 10.8 Å². The summed E-state index contributed by atoms with van der Waals surface area (Å²) in [7, 11) is 0. The predicted octanol–water partition coefficient (Wildman–Crippen LogP) is 0.905. The van der Waals surface area contributed by atoms with Crippen molar-refractivity contribution in [2.24, 2.45) is 23.1 Å². The molecule has 2 aliphatic heterocycles. The smallest absolute Gasteiger partial charge is 0.312 e. The fraction of sp³-hybridized carbons (Fsp3) is 0.418. The Morgan fingerprint density at radius 3 is 1.56 bits per heavy atom. The van der Waals surface area contributed by atoms with Crippen LogP contribution in [0.5, 0.6) is 0 Å². The van der Waals surface area contributed by atoms with Crippen molar-refractivity contribution >= 4 is 105 Å². The highest BCUT2D eigenvalue weighted by atomic mass is 35.5. The molecule has 0 radical (unpaired) electrons. The molecule has 6 aromatic rings. The molecule has 19 N–H and O–H groups in total. The number of fused-ring (bicyclic) bond motifs is 1. The van der Waals surface area contributed by atoms with Gasteiger partial charge in [-0.3, -0.25) is 68.0 Å². The van der Waals surface area contributed by atoms with Crippen molar-refractivity contribution in [3.63, 3.8) is 0 Å². The highest BCUT2D eigenvalue weighted by Crippen LogP contribution is 2.23. The quantitative estimate of drug-likeness (QED) is 0.0145. The minimum atomic E-state index is -1.84. The molecular formula is C79H101ClN18O14. The van der Waals surface area contributed by atoms with E-state index in [9.17, 15) is 53.1 Å². The zero-order valence-electron chi connectivity index (χ0n) is 63.1. The van der Waals surface area contributed by atoms with Crippen LogP contribution >= 0.6 is 11.6 Å². The minimum Gasteiger partial charge on any atom is -0.394 e. The summed E-state index contributed by atoms with van der Waals surface area (Å²) in [6.07, 6.45) is 2.73. The average Bonchev–Trinajstić information content (AvgIpc) is 1.59. The highest BCUT2D eigenvalue weighted by molar-refractivity contribution is 6.30. The Labute approximate surface area is 654 Å². The molecule has 10 atom stereocenters. The van der Waals surface area contributed by atoms with Crippen molar-refractivity contribution in [1.82, 2.24) is 68.0 Å². The van der Waals surface area contributed by atoms with Gasteiger partial charge >= 0.3 is 6.03 Å². The zero-order valence-corrected chi connectivity index (χ0v) is 63.8. The Balaban J connectivity index is 1.08. The standard InChI is InChI=1S/C79H101ClN18O14/c1-46(2)36-60(69(102)89-59(13-8-30-86-78(82)83)77(110)98-31-9-14-67(98)76(109)87-47(3)68(81)101)90-70(103)62(40-51-22-27-58(28-23-51)88-48(4)100)91-72(105)63(38-49-15-17-52(18-16-49)44-97-32-34-112-35-33-97)94-75(108)66(45-99)95-73(106)64(42-54-10-7-29-85-43-54)93-71(104)61(39-50-20-25-57(80)26-21-50)92-74(107)65(96-79(84)111)41-53-19-24-55-11-5-6-12-56(55)37-53/h5-7,10-12,15-29,37,43,46-47,59-67,99H,8-9,13-14,30-36,38-42,44-45H2,1-4H3,(H2,81,101)(H,87,109)(H,88,100)(H,89,102)(H,90,103)(H,91,105)(H,92,107)(H,93,104)(H,94,108)(H,95,106)(H4,82,83,86)(H3,84,96,111)/t47-,59+,60+,61-,62-,63+,64-,65-,66+,67+/m1/s1. The number of primary amides is 2. The summed E-state index contributed by atoms with van der Waals surface area (Å²) >= 11 is 6.26. The topological polar surface area (TPSA) is 488 Å². The summed E-state index contributed by atoms with van der Waals surface area (Å²) in [6.45, 7) is 8.57. The van der Waals surface area contributed by atoms with E-state index < -0.39 is 132 Å². The number of carbonyl (C=O) groups excluding carboxylic acids is 12. The number of hydrogen-bond acceptors (Lipinski definition) is 17. The third kappa shape index (κ3) is 27.2. The van der Waals surface area contributed by atoms with Gasteiger partial charge in [-0.2, -0.15) is 0 Å². The van der Waals surface area contributed by atoms with Gasteiger partial charge < -0.3 is 90.4 Å². The molecule has 2 fully saturated rings. The normalized spacial score (nSPS) is 15.9. The largest absolute Gasteiger partial charge is 0.394 e. The van der Waals surface area contributed by atoms with Gasteiger partial charge in [0.15, 0.2) is 5.96 Å². The van der Waals surface area contributed by atoms with Gasteiger partial charge in [-0.05, 0) is 119 Å². The number of urea groups is 1. The second-order valence-corrected chi connectivity index (χ2v) is 28.8. The molecule has 2 saturated heterocycles. The van der Waals surface area contributed by atoms with Crippen LogP contribution in [0.4, 0.5) is 10.5 Å². The SMILES string of the molecule is CC(=O)Nc1ccc(C[C@@H](NC(=O)[C@H](Cc2ccc(CN3CCOCC3)cc2)NC(=O)[C@H](CO)NC(=O)[C@@H](Cc2cccnc2)NC(=O)[C@@H](Cc2ccc(Cl)cc2)NC(=O)[C@@H](Cc2ccc3ccccc3c2)NC(N)=O)C(=O)N[C@@H](CC(C)C)C(=O)N[C@@H](CCCNC(=N)N)C(=O)N2CCC[C@H]2C(=O)N[C@H](C)C(N)=O)cc1. The molecule has 32 nitrogen and oxygen atoms in total. The number of aliphatic hydroxyl groups excluding tert-OH is 1. The number of pyridine rings is 1. The Morgan fingerprint density at radius 2 is 1.04 bits per heavy atom. The number of nitrogens with one attached hydrogen (secondary N) is 12. The van der Waals surface area contributed by atoms with Crippen LogP contribution in [0.1, 0.15) is 93.2 Å². The lowest BCUT2D eigenvalue weighted by Gasteiger charge is -2.31. The number of rotatable bonds is 39. The van der Waals surface area contributed by atoms with E-state index >= 15 is 9.59 Å². The fourth-order valence-electron chi connectivity index (χ4n) is 13.1. The second-order valence-electron chi connectivity index (χ2n) is 28.4. The van der Waals surface area contributed by atoms with Gasteiger partial charge in [0.1, 0.15) is 60.4 Å². The lowest BCUT2D eigenvalue weighted by molar-refractivity contribution is -0.142. The van der Waals surface area contributed by atoms with Crippen molar-refractivity contribution < 1.29 is 67.4 Å². The van der Waals surface area contributed by atoms with Crippen LogP contribution in [-0.2, 0) is 96.1 Å². The number of nitrogens with two attached hydrogens (primary N) is 3. The average molecular weight is 1560 g/mol. The van der Waals surface area contributed by atoms with Gasteiger partial charge in [-0.15, -0.1) is 0 Å². The lowest BCUT2D eigenvalue weighted by atomic mass is 9.99. The van der Waals surface area contributed by atoms with Gasteiger partial charge in [0.05, 0.1) is 19.8 Å². The monoisotopic (exact) mass is 1560 g/mol. The predicted molar refractivity (Wildman–Crippen MR) is 419 cm³/mol. The molecule has 13 amide bonds. The molecule has 0 unspecified atom stereocenters. The van der Waals surface area contributed by atoms with Gasteiger partial charge in [0.2, 0.25) is 65.0 Å². The first-order chi connectivity index (χ1) is 53.6. The number of amides is 13. The van der Waals surface area contributed by atoms with Crippen molar-refractivity contribution in [2.45, 2.75) is 159 Å². The molecule has 598 valence electrons. The van der Waals surface area contributed by atoms with E-state index in [-0.39, 0.29) is 88.7 Å². The zero-order chi connectivity index (χ0) is 81.0. The van der Waals surface area contributed by atoms with Gasteiger partial charge in [0.25, 0.3) is 0 Å². The van der Waals surface area contributed by atoms with Crippen molar-refractivity contribution in [2.75, 3.05) is 51.3 Å². The number of carbonyl (C=O) groups is 12. The number of nitrogens with zero attached hydrogens (tertiary/aromatic N) is 3. The number of morpholine rings is 1. The van der Waals surface area contributed by atoms with Crippen LogP contribution in [-0.4, -0.2) is 203 Å². The fourth-order valence-corrected chi connectivity index (χ4v) is 13.2. The molecule has 0 aliphatic carbocycles. The van der Waals surface area contributed by atoms with Crippen molar-refractivity contribution in [1.29, 1.82) is 5.41 Å². The van der Waals surface area contributed by atoms with E-state index in [1.54, 1.807) is 92.7 Å². The summed E-state index contributed by atoms with van der Waals surface area (Å²) in [4.78, 5) is 177. The first kappa shape index (κ1) is 86.0. The summed E-state index contributed by atoms with van der Waals surface area (Å²) in [5.41, 5.74) is 20.5. The molecule has 33 heteroatoms. The first-order valence-corrected chi connectivity index (χ1v) is 37.6. The van der Waals surface area contributed by atoms with E-state index in [0.717, 1.165) is 16.3 Å². The van der Waals surface area contributed by atoms with Crippen LogP contribution in [0.2, 0.25) is 5.02 Å². The summed E-state index contributed by atoms with van der Waals surface area (Å²) in [5.74, 6) is -9.51. The van der Waals surface area contributed by atoms with Crippen molar-refractivity contribution in [3.05, 3.63) is 178 Å². The molecule has 1 aromatic heterocycles. The summed E-state index contributed by atoms with van der Waals surface area (Å²) in [6, 6.07) is 21.2. The molecule has 0 saturated carbocycles. The summed E-state index contributed by atoms with van der Waals surface area (Å²) < 4.78 is 5.55. The number of aromatic nitrogens is 1. The van der Waals surface area contributed by atoms with E-state index in [2.05, 4.69) is 68.4 Å². The first-order valence-electron chi connectivity index (χ1n) is 37.2. The molecule has 0 spiro atoms. The molecule has 3 heterocycles. The van der Waals surface area contributed by atoms with E-state index in [1.807, 2.05) is 48.5 Å². The molecule has 8 rings (SSSR count). The van der Waals surface area contributed by atoms with Crippen LogP contribution in [0.3, 0.4) is 0 Å². The lowest BCUT2D eigenvalue weighted by Crippen LogP contribution is -2.62. The van der Waals surface area contributed by atoms with Crippen molar-refractivity contribution in [3.8, 4) is 0 Å². The molecule has 112 heavy (non-hydrogen) atoms. The number of benzene rings is 5. The van der Waals surface area contributed by atoms with E-state index in [0.29, 0.717) is 77.8 Å². The minimum absolute atomic E-state index is 0.0120. The Bertz CT molecular complexity index is 4270. The number of likely N-dealkylation sites (tertiary alicyclic amines) is 1. The van der Waals surface area contributed by atoms with Gasteiger partial charge in [0, 0.05) is 94.9 Å². The Morgan fingerprint density at radius 1 is 0.554 bits per heavy atom. The molecule has 0 bridgehead atoms. The summed E-state index contributed by atoms with van der Waals surface area (Å²) in [5, 5.41) is 50.5.